The molecule has 0 spiro atoms. The van der Waals surface area contributed by atoms with Crippen molar-refractivity contribution in [2.45, 2.75) is 6.10 Å². The molecule has 17 heavy (non-hydrogen) atoms. The summed E-state index contributed by atoms with van der Waals surface area (Å²) in [5.74, 6) is -0.141. The summed E-state index contributed by atoms with van der Waals surface area (Å²) in [7, 11) is 0. The minimum Gasteiger partial charge on any atom is -0.508 e. The van der Waals surface area contributed by atoms with E-state index in [1.165, 1.54) is 30.7 Å². The fourth-order valence-corrected chi connectivity index (χ4v) is 1.84. The molecule has 6 heteroatoms. The molecule has 0 saturated carbocycles. The van der Waals surface area contributed by atoms with E-state index in [0.29, 0.717) is 0 Å². The molecule has 0 bridgehead atoms. The molecule has 1 aromatic carbocycles. The van der Waals surface area contributed by atoms with Crippen LogP contribution in [0.3, 0.4) is 0 Å². The predicted octanol–water partition coefficient (Wildman–Crippen LogP) is 2.57. The van der Waals surface area contributed by atoms with Crippen LogP contribution in [0, 0.1) is 0 Å². The molecule has 1 aromatic heterocycles. The van der Waals surface area contributed by atoms with Crippen LogP contribution in [0.4, 0.5) is 0 Å². The van der Waals surface area contributed by atoms with Crippen molar-refractivity contribution in [2.24, 2.45) is 0 Å². The maximum atomic E-state index is 10.1. The summed E-state index contributed by atoms with van der Waals surface area (Å²) in [6, 6.07) is 2.81. The van der Waals surface area contributed by atoms with Gasteiger partial charge in [0.05, 0.1) is 21.9 Å². The van der Waals surface area contributed by atoms with Crippen LogP contribution in [0.25, 0.3) is 0 Å². The Balaban J connectivity index is 2.51. The lowest BCUT2D eigenvalue weighted by Gasteiger charge is -2.14. The van der Waals surface area contributed by atoms with Gasteiger partial charge in [0, 0.05) is 18.0 Å². The predicted molar refractivity (Wildman–Crippen MR) is 64.2 cm³/mol. The average molecular weight is 271 g/mol. The molecule has 0 fully saturated rings. The maximum absolute atomic E-state index is 10.1. The molecule has 2 rings (SSSR count). The number of hydrogen-bond donors (Lipinski definition) is 2. The number of aromatic nitrogens is 2. The monoisotopic (exact) mass is 270 g/mol. The first-order valence-electron chi connectivity index (χ1n) is 4.72. The second-order valence-corrected chi connectivity index (χ2v) is 4.11. The Labute approximate surface area is 107 Å². The molecular formula is C11H8Cl2N2O2. The second kappa shape index (κ2) is 4.87. The first-order valence-corrected chi connectivity index (χ1v) is 5.47. The summed E-state index contributed by atoms with van der Waals surface area (Å²) in [4.78, 5) is 7.77. The fourth-order valence-electron chi connectivity index (χ4n) is 1.42. The van der Waals surface area contributed by atoms with Crippen LogP contribution in [-0.2, 0) is 0 Å². The van der Waals surface area contributed by atoms with Crippen LogP contribution in [0.1, 0.15) is 17.4 Å². The van der Waals surface area contributed by atoms with Crippen LogP contribution in [0.5, 0.6) is 5.75 Å². The van der Waals surface area contributed by atoms with Crippen molar-refractivity contribution in [1.29, 1.82) is 0 Å². The number of aliphatic hydroxyl groups excluding tert-OH is 1. The average Bonchev–Trinajstić information content (AvgIpc) is 2.35. The minimum atomic E-state index is -1.17. The van der Waals surface area contributed by atoms with Gasteiger partial charge in [-0.1, -0.05) is 23.2 Å². The van der Waals surface area contributed by atoms with E-state index in [1.54, 1.807) is 0 Å². The van der Waals surface area contributed by atoms with Crippen molar-refractivity contribution in [3.05, 3.63) is 52.0 Å². The van der Waals surface area contributed by atoms with Crippen molar-refractivity contribution in [2.75, 3.05) is 0 Å². The van der Waals surface area contributed by atoms with Gasteiger partial charge >= 0.3 is 0 Å². The molecule has 1 atom stereocenters. The minimum absolute atomic E-state index is 0.102. The first-order chi connectivity index (χ1) is 8.11. The number of rotatable bonds is 2. The number of aromatic hydroxyl groups is 1. The largest absolute Gasteiger partial charge is 0.508 e. The van der Waals surface area contributed by atoms with E-state index < -0.39 is 6.10 Å². The van der Waals surface area contributed by atoms with E-state index in [4.69, 9.17) is 23.2 Å². The number of halogens is 2. The summed E-state index contributed by atoms with van der Waals surface area (Å²) < 4.78 is 0. The zero-order valence-corrected chi connectivity index (χ0v) is 10.0. The molecule has 1 heterocycles. The van der Waals surface area contributed by atoms with E-state index in [9.17, 15) is 10.2 Å². The highest BCUT2D eigenvalue weighted by molar-refractivity contribution is 6.42. The zero-order valence-electron chi connectivity index (χ0n) is 8.51. The number of phenols is 1. The molecular weight excluding hydrogens is 263 g/mol. The van der Waals surface area contributed by atoms with Crippen LogP contribution < -0.4 is 0 Å². The highest BCUT2D eigenvalue weighted by Crippen LogP contribution is 2.38. The molecule has 1 unspecified atom stereocenters. The Morgan fingerprint density at radius 2 is 1.94 bits per heavy atom. The van der Waals surface area contributed by atoms with Gasteiger partial charge in [-0.05, 0) is 12.1 Å². The normalized spacial score (nSPS) is 12.4. The lowest BCUT2D eigenvalue weighted by Crippen LogP contribution is -2.04. The molecule has 2 aromatic rings. The number of phenolic OH excluding ortho intramolecular Hbond substituents is 1. The van der Waals surface area contributed by atoms with Crippen LogP contribution in [0.2, 0.25) is 10.0 Å². The van der Waals surface area contributed by atoms with Crippen molar-refractivity contribution in [3.8, 4) is 5.75 Å². The molecule has 0 aliphatic carbocycles. The van der Waals surface area contributed by atoms with Crippen molar-refractivity contribution < 1.29 is 10.2 Å². The van der Waals surface area contributed by atoms with Gasteiger partial charge in [0.25, 0.3) is 0 Å². The number of aliphatic hydroxyl groups is 1. The number of benzene rings is 1. The smallest absolute Gasteiger partial charge is 0.128 e. The molecule has 4 nitrogen and oxygen atoms in total. The third kappa shape index (κ3) is 2.34. The lowest BCUT2D eigenvalue weighted by molar-refractivity contribution is 0.210. The zero-order chi connectivity index (χ0) is 12.4. The second-order valence-electron chi connectivity index (χ2n) is 3.33. The summed E-state index contributed by atoms with van der Waals surface area (Å²) in [6.45, 7) is 0. The standard InChI is InChI=1S/C11H8Cl2N2O2/c12-6-1-2-8(16)9(10(6)13)11(17)7-5-14-3-4-15-7/h1-5,11,16-17H. The molecule has 0 saturated heterocycles. The highest BCUT2D eigenvalue weighted by atomic mass is 35.5. The number of hydrogen-bond acceptors (Lipinski definition) is 4. The van der Waals surface area contributed by atoms with Gasteiger partial charge in [-0.15, -0.1) is 0 Å². The van der Waals surface area contributed by atoms with Gasteiger partial charge in [-0.2, -0.15) is 0 Å². The third-order valence-electron chi connectivity index (χ3n) is 2.25. The molecule has 88 valence electrons. The van der Waals surface area contributed by atoms with Gasteiger partial charge in [0.2, 0.25) is 0 Å². The Morgan fingerprint density at radius 1 is 1.18 bits per heavy atom. The molecule has 0 aliphatic heterocycles. The Morgan fingerprint density at radius 3 is 2.59 bits per heavy atom. The Kier molecular flexibility index (Phi) is 3.47. The maximum Gasteiger partial charge on any atom is 0.128 e. The fraction of sp³-hybridized carbons (Fsp3) is 0.0909. The summed E-state index contributed by atoms with van der Waals surface area (Å²) >= 11 is 11.8. The third-order valence-corrected chi connectivity index (χ3v) is 3.07. The van der Waals surface area contributed by atoms with E-state index in [1.807, 2.05) is 0 Å². The van der Waals surface area contributed by atoms with Gasteiger partial charge in [0.1, 0.15) is 11.9 Å². The van der Waals surface area contributed by atoms with Crippen molar-refractivity contribution in [3.63, 3.8) is 0 Å². The Bertz CT molecular complexity index is 534. The van der Waals surface area contributed by atoms with Gasteiger partial charge in [0.15, 0.2) is 0 Å². The van der Waals surface area contributed by atoms with Crippen LogP contribution in [0.15, 0.2) is 30.7 Å². The van der Waals surface area contributed by atoms with E-state index in [2.05, 4.69) is 9.97 Å². The van der Waals surface area contributed by atoms with Gasteiger partial charge < -0.3 is 10.2 Å². The van der Waals surface area contributed by atoms with Crippen molar-refractivity contribution >= 4 is 23.2 Å². The molecule has 0 radical (unpaired) electrons. The van der Waals surface area contributed by atoms with E-state index in [0.717, 1.165) is 0 Å². The molecule has 0 aliphatic rings. The highest BCUT2D eigenvalue weighted by Gasteiger charge is 2.21. The quantitative estimate of drug-likeness (QED) is 0.880. The SMILES string of the molecule is Oc1ccc(Cl)c(Cl)c1C(O)c1cnccn1. The summed E-state index contributed by atoms with van der Waals surface area (Å²) in [6.07, 6.45) is 3.14. The first kappa shape index (κ1) is 12.1. The molecule has 2 N–H and O–H groups in total. The number of nitrogens with zero attached hydrogens (tertiary/aromatic N) is 2. The van der Waals surface area contributed by atoms with Crippen molar-refractivity contribution in [1.82, 2.24) is 9.97 Å². The van der Waals surface area contributed by atoms with Crippen LogP contribution in [-0.4, -0.2) is 20.2 Å². The van der Waals surface area contributed by atoms with E-state index >= 15 is 0 Å². The molecule has 0 amide bonds. The topological polar surface area (TPSA) is 66.2 Å². The van der Waals surface area contributed by atoms with Gasteiger partial charge in [-0.3, -0.25) is 9.97 Å². The van der Waals surface area contributed by atoms with Gasteiger partial charge in [-0.25, -0.2) is 0 Å². The Hall–Kier alpha value is -1.36. The summed E-state index contributed by atoms with van der Waals surface area (Å²) in [5, 5.41) is 20.1. The summed E-state index contributed by atoms with van der Waals surface area (Å²) in [5.41, 5.74) is 0.409. The van der Waals surface area contributed by atoms with E-state index in [-0.39, 0.29) is 27.1 Å². The lowest BCUT2D eigenvalue weighted by atomic mass is 10.1. The van der Waals surface area contributed by atoms with Crippen LogP contribution >= 0.6 is 23.2 Å².